The van der Waals surface area contributed by atoms with Crippen LogP contribution in [0.5, 0.6) is 0 Å². The Hall–Kier alpha value is -2.54. The fourth-order valence-corrected chi connectivity index (χ4v) is 4.38. The summed E-state index contributed by atoms with van der Waals surface area (Å²) in [5.41, 5.74) is 1.59. The second-order valence-electron chi connectivity index (χ2n) is 8.16. The predicted octanol–water partition coefficient (Wildman–Crippen LogP) is 4.93. The Kier molecular flexibility index (Phi) is 8.35. The van der Waals surface area contributed by atoms with Crippen LogP contribution in [0.25, 0.3) is 0 Å². The normalized spacial score (nSPS) is 14.5. The lowest BCUT2D eigenvalue weighted by Crippen LogP contribution is -2.43. The molecule has 1 saturated heterocycles. The summed E-state index contributed by atoms with van der Waals surface area (Å²) in [5, 5.41) is 6.37. The van der Waals surface area contributed by atoms with E-state index in [4.69, 9.17) is 0 Å². The van der Waals surface area contributed by atoms with E-state index in [0.717, 1.165) is 18.4 Å². The van der Waals surface area contributed by atoms with Crippen LogP contribution < -0.4 is 10.6 Å². The lowest BCUT2D eigenvalue weighted by Gasteiger charge is -2.32. The molecule has 3 amide bonds. The van der Waals surface area contributed by atoms with Crippen LogP contribution in [0.4, 0.5) is 14.9 Å². The Labute approximate surface area is 187 Å². The summed E-state index contributed by atoms with van der Waals surface area (Å²) >= 11 is 1.81. The van der Waals surface area contributed by atoms with Gasteiger partial charge in [-0.05, 0) is 60.7 Å². The summed E-state index contributed by atoms with van der Waals surface area (Å²) in [5.74, 6) is 0.0624. The summed E-state index contributed by atoms with van der Waals surface area (Å²) in [6.07, 6.45) is 2.07. The maximum absolute atomic E-state index is 13.0. The molecule has 2 aromatic carbocycles. The number of urea groups is 1. The van der Waals surface area contributed by atoms with Crippen LogP contribution in [-0.4, -0.2) is 41.7 Å². The van der Waals surface area contributed by atoms with Gasteiger partial charge in [0.1, 0.15) is 5.82 Å². The molecule has 166 valence electrons. The van der Waals surface area contributed by atoms with Crippen molar-refractivity contribution in [2.24, 2.45) is 5.92 Å². The summed E-state index contributed by atoms with van der Waals surface area (Å²) < 4.78 is 13.0. The van der Waals surface area contributed by atoms with E-state index in [0.29, 0.717) is 42.9 Å². The number of carbonyl (C=O) groups excluding carboxylic acids is 2. The van der Waals surface area contributed by atoms with Crippen molar-refractivity contribution in [2.75, 3.05) is 25.0 Å². The topological polar surface area (TPSA) is 61.4 Å². The Morgan fingerprint density at radius 2 is 1.71 bits per heavy atom. The van der Waals surface area contributed by atoms with Crippen molar-refractivity contribution in [3.63, 3.8) is 0 Å². The molecule has 1 heterocycles. The second kappa shape index (κ2) is 11.2. The molecule has 1 fully saturated rings. The molecule has 1 aliphatic rings. The van der Waals surface area contributed by atoms with E-state index >= 15 is 0 Å². The molecular formula is C24H30FN3O2S. The molecule has 0 aliphatic carbocycles. The number of hydrogen-bond acceptors (Lipinski definition) is 3. The average molecular weight is 444 g/mol. The third-order valence-corrected chi connectivity index (χ3v) is 6.26. The monoisotopic (exact) mass is 443 g/mol. The van der Waals surface area contributed by atoms with Crippen molar-refractivity contribution in [3.8, 4) is 0 Å². The molecule has 0 atom stereocenters. The molecule has 7 heteroatoms. The number of amides is 3. The first kappa shape index (κ1) is 23.1. The zero-order chi connectivity index (χ0) is 22.2. The number of nitrogens with zero attached hydrogens (tertiary/aromatic N) is 1. The van der Waals surface area contributed by atoms with E-state index in [1.165, 1.54) is 17.0 Å². The molecule has 5 nitrogen and oxygen atoms in total. The Morgan fingerprint density at radius 1 is 1.06 bits per heavy atom. The number of piperidine rings is 1. The van der Waals surface area contributed by atoms with Gasteiger partial charge in [0.05, 0.1) is 6.42 Å². The van der Waals surface area contributed by atoms with Crippen molar-refractivity contribution < 1.29 is 14.0 Å². The summed E-state index contributed by atoms with van der Waals surface area (Å²) in [7, 11) is 0. The number of carbonyl (C=O) groups is 2. The molecule has 0 radical (unpaired) electrons. The number of anilines is 1. The zero-order valence-corrected chi connectivity index (χ0v) is 18.9. The predicted molar refractivity (Wildman–Crippen MR) is 124 cm³/mol. The van der Waals surface area contributed by atoms with E-state index in [-0.39, 0.29) is 17.8 Å². The largest absolute Gasteiger partial charge is 0.356 e. The van der Waals surface area contributed by atoms with Crippen LogP contribution in [0.2, 0.25) is 0 Å². The van der Waals surface area contributed by atoms with E-state index in [1.807, 2.05) is 23.9 Å². The van der Waals surface area contributed by atoms with Gasteiger partial charge in [-0.15, -0.1) is 11.8 Å². The molecule has 31 heavy (non-hydrogen) atoms. The summed E-state index contributed by atoms with van der Waals surface area (Å²) in [6, 6.07) is 13.7. The Morgan fingerprint density at radius 3 is 2.32 bits per heavy atom. The fraction of sp³-hybridized carbons (Fsp3) is 0.417. The Bertz CT molecular complexity index is 863. The maximum Gasteiger partial charge on any atom is 0.321 e. The third-order valence-electron chi connectivity index (χ3n) is 5.24. The van der Waals surface area contributed by atoms with Gasteiger partial charge in [0, 0.05) is 35.5 Å². The van der Waals surface area contributed by atoms with Crippen LogP contribution >= 0.6 is 11.8 Å². The van der Waals surface area contributed by atoms with E-state index < -0.39 is 0 Å². The second-order valence-corrected chi connectivity index (χ2v) is 9.81. The third kappa shape index (κ3) is 7.58. The van der Waals surface area contributed by atoms with E-state index in [2.05, 4.69) is 36.6 Å². The molecular weight excluding hydrogens is 413 g/mol. The first-order valence-corrected chi connectivity index (χ1v) is 11.6. The standard InChI is InChI=1S/C24H30FN3O2S/c1-17(2)31-22-9-3-18(4-10-22)15-23(29)26-16-19-11-13-28(14-12-19)24(30)27-21-7-5-20(25)6-8-21/h3-10,17,19H,11-16H2,1-2H3,(H,26,29)(H,27,30). The summed E-state index contributed by atoms with van der Waals surface area (Å²) in [6.45, 7) is 6.24. The van der Waals surface area contributed by atoms with Crippen molar-refractivity contribution in [1.29, 1.82) is 0 Å². The van der Waals surface area contributed by atoms with Crippen LogP contribution in [0, 0.1) is 11.7 Å². The fourth-order valence-electron chi connectivity index (χ4n) is 3.54. The van der Waals surface area contributed by atoms with Crippen LogP contribution in [0.15, 0.2) is 53.4 Å². The highest BCUT2D eigenvalue weighted by atomic mass is 32.2. The van der Waals surface area contributed by atoms with Crippen molar-refractivity contribution in [3.05, 3.63) is 59.9 Å². The van der Waals surface area contributed by atoms with Gasteiger partial charge in [-0.1, -0.05) is 26.0 Å². The first-order chi connectivity index (χ1) is 14.9. The van der Waals surface area contributed by atoms with Gasteiger partial charge >= 0.3 is 6.03 Å². The van der Waals surface area contributed by atoms with Crippen molar-refractivity contribution in [1.82, 2.24) is 10.2 Å². The van der Waals surface area contributed by atoms with E-state index in [9.17, 15) is 14.0 Å². The van der Waals surface area contributed by atoms with Crippen molar-refractivity contribution >= 4 is 29.4 Å². The SMILES string of the molecule is CC(C)Sc1ccc(CC(=O)NCC2CCN(C(=O)Nc3ccc(F)cc3)CC2)cc1. The van der Waals surface area contributed by atoms with Gasteiger partial charge in [0.15, 0.2) is 0 Å². The highest BCUT2D eigenvalue weighted by Gasteiger charge is 2.23. The molecule has 0 bridgehead atoms. The number of likely N-dealkylation sites (tertiary alicyclic amines) is 1. The smallest absolute Gasteiger partial charge is 0.321 e. The van der Waals surface area contributed by atoms with Crippen LogP contribution in [-0.2, 0) is 11.2 Å². The number of thioether (sulfide) groups is 1. The number of halogens is 1. The molecule has 0 unspecified atom stereocenters. The number of rotatable bonds is 7. The quantitative estimate of drug-likeness (QED) is 0.597. The van der Waals surface area contributed by atoms with Gasteiger partial charge in [-0.25, -0.2) is 9.18 Å². The highest BCUT2D eigenvalue weighted by molar-refractivity contribution is 7.99. The first-order valence-electron chi connectivity index (χ1n) is 10.7. The average Bonchev–Trinajstić information content (AvgIpc) is 2.75. The van der Waals surface area contributed by atoms with Gasteiger partial charge in [-0.2, -0.15) is 0 Å². The lowest BCUT2D eigenvalue weighted by atomic mass is 9.97. The maximum atomic E-state index is 13.0. The van der Waals surface area contributed by atoms with E-state index in [1.54, 1.807) is 17.0 Å². The zero-order valence-electron chi connectivity index (χ0n) is 18.1. The van der Waals surface area contributed by atoms with Gasteiger partial charge in [0.2, 0.25) is 5.91 Å². The number of benzene rings is 2. The molecule has 0 aromatic heterocycles. The Balaban J connectivity index is 1.36. The summed E-state index contributed by atoms with van der Waals surface area (Å²) in [4.78, 5) is 27.6. The molecule has 0 saturated carbocycles. The molecule has 1 aliphatic heterocycles. The molecule has 3 rings (SSSR count). The lowest BCUT2D eigenvalue weighted by molar-refractivity contribution is -0.120. The van der Waals surface area contributed by atoms with Crippen LogP contribution in [0.3, 0.4) is 0 Å². The molecule has 2 N–H and O–H groups in total. The minimum absolute atomic E-state index is 0.0285. The minimum atomic E-state index is -0.331. The molecule has 2 aromatic rings. The van der Waals surface area contributed by atoms with Gasteiger partial charge < -0.3 is 15.5 Å². The number of nitrogens with one attached hydrogen (secondary N) is 2. The highest BCUT2D eigenvalue weighted by Crippen LogP contribution is 2.23. The van der Waals surface area contributed by atoms with Crippen LogP contribution in [0.1, 0.15) is 32.3 Å². The number of hydrogen-bond donors (Lipinski definition) is 2. The van der Waals surface area contributed by atoms with Crippen molar-refractivity contribution in [2.45, 2.75) is 43.3 Å². The molecule has 0 spiro atoms. The minimum Gasteiger partial charge on any atom is -0.356 e. The van der Waals surface area contributed by atoms with Gasteiger partial charge in [-0.3, -0.25) is 4.79 Å². The van der Waals surface area contributed by atoms with Gasteiger partial charge in [0.25, 0.3) is 0 Å².